The van der Waals surface area contributed by atoms with E-state index >= 15 is 0 Å². The molecule has 24 heavy (non-hydrogen) atoms. The molecule has 0 aliphatic rings. The van der Waals surface area contributed by atoms with Gasteiger partial charge in [-0.1, -0.05) is 24.3 Å². The zero-order valence-corrected chi connectivity index (χ0v) is 13.3. The number of nitrogens with zero attached hydrogens (tertiary/aromatic N) is 1. The Balaban J connectivity index is 1.51. The van der Waals surface area contributed by atoms with Crippen LogP contribution in [0.1, 0.15) is 10.5 Å². The van der Waals surface area contributed by atoms with E-state index in [0.29, 0.717) is 5.75 Å². The largest absolute Gasteiger partial charge is 0.497 e. The van der Waals surface area contributed by atoms with Gasteiger partial charge in [0.15, 0.2) is 0 Å². The van der Waals surface area contributed by atoms with Gasteiger partial charge >= 0.3 is 5.97 Å². The molecule has 0 amide bonds. The first-order valence-electron chi connectivity index (χ1n) is 7.56. The summed E-state index contributed by atoms with van der Waals surface area (Å²) in [5, 5.41) is 0.983. The minimum absolute atomic E-state index is 0.152. The molecule has 0 saturated heterocycles. The number of aromatic nitrogens is 1. The summed E-state index contributed by atoms with van der Waals surface area (Å²) in [5.41, 5.74) is 1.06. The fourth-order valence-electron chi connectivity index (χ4n) is 2.22. The van der Waals surface area contributed by atoms with E-state index in [0.717, 1.165) is 16.7 Å². The van der Waals surface area contributed by atoms with Crippen molar-refractivity contribution in [2.75, 3.05) is 20.3 Å². The summed E-state index contributed by atoms with van der Waals surface area (Å²) in [6, 6.07) is 18.3. The zero-order valence-electron chi connectivity index (χ0n) is 13.3. The molecule has 3 rings (SSSR count). The highest BCUT2D eigenvalue weighted by Gasteiger charge is 2.09. The van der Waals surface area contributed by atoms with Gasteiger partial charge in [-0.2, -0.15) is 0 Å². The fraction of sp³-hybridized carbons (Fsp3) is 0.158. The number of hydrogen-bond donors (Lipinski definition) is 0. The molecular formula is C19H17NO4. The Morgan fingerprint density at radius 1 is 0.917 bits per heavy atom. The van der Waals surface area contributed by atoms with Crippen LogP contribution in [0.4, 0.5) is 0 Å². The highest BCUT2D eigenvalue weighted by Crippen LogP contribution is 2.17. The van der Waals surface area contributed by atoms with Gasteiger partial charge in [0.25, 0.3) is 0 Å². The van der Waals surface area contributed by atoms with Crippen molar-refractivity contribution in [1.29, 1.82) is 0 Å². The molecule has 0 bridgehead atoms. The molecule has 0 unspecified atom stereocenters. The van der Waals surface area contributed by atoms with Crippen LogP contribution in [0.15, 0.2) is 60.7 Å². The molecule has 1 heterocycles. The molecule has 0 N–H and O–H groups in total. The second-order valence-corrected chi connectivity index (χ2v) is 5.05. The second-order valence-electron chi connectivity index (χ2n) is 5.05. The lowest BCUT2D eigenvalue weighted by Gasteiger charge is -2.08. The van der Waals surface area contributed by atoms with Gasteiger partial charge in [0.05, 0.1) is 12.6 Å². The van der Waals surface area contributed by atoms with Crippen LogP contribution in [0.25, 0.3) is 10.9 Å². The minimum Gasteiger partial charge on any atom is -0.497 e. The van der Waals surface area contributed by atoms with Crippen molar-refractivity contribution < 1.29 is 19.0 Å². The molecule has 0 radical (unpaired) electrons. The van der Waals surface area contributed by atoms with E-state index in [9.17, 15) is 4.79 Å². The molecule has 0 fully saturated rings. The lowest BCUT2D eigenvalue weighted by Crippen LogP contribution is -2.13. The summed E-state index contributed by atoms with van der Waals surface area (Å²) in [5.74, 6) is 0.992. The summed E-state index contributed by atoms with van der Waals surface area (Å²) in [4.78, 5) is 16.3. The zero-order chi connectivity index (χ0) is 16.8. The average Bonchev–Trinajstić information content (AvgIpc) is 2.65. The lowest BCUT2D eigenvalue weighted by atomic mass is 10.2. The minimum atomic E-state index is -0.459. The summed E-state index contributed by atoms with van der Waals surface area (Å²) >= 11 is 0. The molecule has 0 spiro atoms. The first kappa shape index (κ1) is 15.8. The molecule has 0 atom stereocenters. The predicted octanol–water partition coefficient (Wildman–Crippen LogP) is 3.48. The van der Waals surface area contributed by atoms with Crippen LogP contribution in [0.3, 0.4) is 0 Å². The second kappa shape index (κ2) is 7.46. The van der Waals surface area contributed by atoms with E-state index in [4.69, 9.17) is 14.2 Å². The van der Waals surface area contributed by atoms with Crippen LogP contribution >= 0.6 is 0 Å². The van der Waals surface area contributed by atoms with E-state index in [1.54, 1.807) is 37.4 Å². The third-order valence-electron chi connectivity index (χ3n) is 3.45. The Hall–Kier alpha value is -3.08. The number of benzene rings is 2. The molecule has 3 aromatic rings. The monoisotopic (exact) mass is 323 g/mol. The van der Waals surface area contributed by atoms with Gasteiger partial charge in [-0.05, 0) is 36.4 Å². The van der Waals surface area contributed by atoms with Crippen molar-refractivity contribution in [2.45, 2.75) is 0 Å². The molecule has 0 saturated carbocycles. The Morgan fingerprint density at radius 3 is 2.46 bits per heavy atom. The Labute approximate surface area is 139 Å². The first-order valence-corrected chi connectivity index (χ1v) is 7.56. The highest BCUT2D eigenvalue weighted by atomic mass is 16.6. The molecule has 5 heteroatoms. The highest BCUT2D eigenvalue weighted by molar-refractivity contribution is 5.90. The number of esters is 1. The number of methoxy groups -OCH3 is 1. The number of carbonyl (C=O) groups excluding carboxylic acids is 1. The van der Waals surface area contributed by atoms with Crippen LogP contribution < -0.4 is 9.47 Å². The van der Waals surface area contributed by atoms with Gasteiger partial charge in [-0.3, -0.25) is 0 Å². The van der Waals surface area contributed by atoms with Gasteiger partial charge in [0.1, 0.15) is 30.4 Å². The maximum atomic E-state index is 12.0. The van der Waals surface area contributed by atoms with Crippen molar-refractivity contribution in [3.63, 3.8) is 0 Å². The maximum absolute atomic E-state index is 12.0. The Bertz CT molecular complexity index is 830. The standard InChI is InChI=1S/C19H17NO4/c1-22-15-7-9-16(10-8-15)23-12-13-24-19(21)18-11-6-14-4-2-3-5-17(14)20-18/h2-11H,12-13H2,1H3. The molecule has 5 nitrogen and oxygen atoms in total. The topological polar surface area (TPSA) is 57.7 Å². The number of para-hydroxylation sites is 1. The van der Waals surface area contributed by atoms with Crippen molar-refractivity contribution in [2.24, 2.45) is 0 Å². The first-order chi connectivity index (χ1) is 11.8. The van der Waals surface area contributed by atoms with Gasteiger partial charge in [0.2, 0.25) is 0 Å². The number of hydrogen-bond acceptors (Lipinski definition) is 5. The molecule has 122 valence electrons. The number of fused-ring (bicyclic) bond motifs is 1. The van der Waals surface area contributed by atoms with Gasteiger partial charge in [0, 0.05) is 5.39 Å². The van der Waals surface area contributed by atoms with Crippen molar-refractivity contribution >= 4 is 16.9 Å². The van der Waals surface area contributed by atoms with Crippen LogP contribution in [-0.4, -0.2) is 31.3 Å². The van der Waals surface area contributed by atoms with Crippen molar-refractivity contribution in [1.82, 2.24) is 4.98 Å². The summed E-state index contributed by atoms with van der Waals surface area (Å²) < 4.78 is 15.8. The summed E-state index contributed by atoms with van der Waals surface area (Å²) in [7, 11) is 1.61. The fourth-order valence-corrected chi connectivity index (χ4v) is 2.22. The summed E-state index contributed by atoms with van der Waals surface area (Å²) in [6.07, 6.45) is 0. The molecule has 0 aliphatic carbocycles. The lowest BCUT2D eigenvalue weighted by molar-refractivity contribution is 0.0444. The summed E-state index contributed by atoms with van der Waals surface area (Å²) in [6.45, 7) is 0.422. The number of rotatable bonds is 6. The Morgan fingerprint density at radius 2 is 1.67 bits per heavy atom. The number of ether oxygens (including phenoxy) is 3. The quantitative estimate of drug-likeness (QED) is 0.513. The number of carbonyl (C=O) groups is 1. The van der Waals surface area contributed by atoms with Gasteiger partial charge in [-0.25, -0.2) is 9.78 Å². The van der Waals surface area contributed by atoms with Crippen LogP contribution in [0, 0.1) is 0 Å². The predicted molar refractivity (Wildman–Crippen MR) is 90.5 cm³/mol. The van der Waals surface area contributed by atoms with E-state index in [-0.39, 0.29) is 18.9 Å². The van der Waals surface area contributed by atoms with Crippen molar-refractivity contribution in [3.8, 4) is 11.5 Å². The number of pyridine rings is 1. The van der Waals surface area contributed by atoms with E-state index < -0.39 is 5.97 Å². The van der Waals surface area contributed by atoms with E-state index in [1.165, 1.54) is 0 Å². The smallest absolute Gasteiger partial charge is 0.357 e. The van der Waals surface area contributed by atoms with E-state index in [1.807, 2.05) is 30.3 Å². The average molecular weight is 323 g/mol. The van der Waals surface area contributed by atoms with Crippen molar-refractivity contribution in [3.05, 3.63) is 66.4 Å². The third kappa shape index (κ3) is 3.81. The normalized spacial score (nSPS) is 10.4. The molecule has 2 aromatic carbocycles. The van der Waals surface area contributed by atoms with Crippen LogP contribution in [0.2, 0.25) is 0 Å². The van der Waals surface area contributed by atoms with E-state index in [2.05, 4.69) is 4.98 Å². The SMILES string of the molecule is COc1ccc(OCCOC(=O)c2ccc3ccccc3n2)cc1. The Kier molecular flexibility index (Phi) is 4.91. The van der Waals surface area contributed by atoms with Gasteiger partial charge in [-0.15, -0.1) is 0 Å². The van der Waals surface area contributed by atoms with Crippen LogP contribution in [0.5, 0.6) is 11.5 Å². The molecular weight excluding hydrogens is 306 g/mol. The van der Waals surface area contributed by atoms with Crippen LogP contribution in [-0.2, 0) is 4.74 Å². The molecule has 1 aromatic heterocycles. The third-order valence-corrected chi connectivity index (χ3v) is 3.45. The molecule has 0 aliphatic heterocycles. The van der Waals surface area contributed by atoms with Gasteiger partial charge < -0.3 is 14.2 Å². The maximum Gasteiger partial charge on any atom is 0.357 e.